The molecule has 2 aromatic carbocycles. The van der Waals surface area contributed by atoms with Gasteiger partial charge in [0, 0.05) is 19.6 Å². The van der Waals surface area contributed by atoms with E-state index in [1.54, 1.807) is 21.3 Å². The minimum atomic E-state index is -0.0801. The second-order valence-electron chi connectivity index (χ2n) is 7.67. The molecule has 0 saturated carbocycles. The van der Waals surface area contributed by atoms with Gasteiger partial charge in [-0.25, -0.2) is 0 Å². The van der Waals surface area contributed by atoms with Crippen molar-refractivity contribution < 1.29 is 19.0 Å². The number of rotatable bonds is 9. The maximum atomic E-state index is 12.5. The molecule has 30 heavy (non-hydrogen) atoms. The molecular weight excluding hydrogens is 379 g/mol. The molecule has 0 aliphatic carbocycles. The molecule has 1 aliphatic heterocycles. The van der Waals surface area contributed by atoms with Gasteiger partial charge in [-0.15, -0.1) is 0 Å². The number of hydrogen-bond donors (Lipinski definition) is 1. The number of nitrogens with zero attached hydrogens (tertiary/aromatic N) is 1. The van der Waals surface area contributed by atoms with E-state index >= 15 is 0 Å². The van der Waals surface area contributed by atoms with Crippen LogP contribution < -0.4 is 19.5 Å². The molecule has 1 aliphatic rings. The highest BCUT2D eigenvalue weighted by Gasteiger charge is 2.19. The Labute approximate surface area is 179 Å². The second kappa shape index (κ2) is 10.3. The molecule has 0 atom stereocenters. The van der Waals surface area contributed by atoms with Crippen molar-refractivity contribution in [1.29, 1.82) is 0 Å². The van der Waals surface area contributed by atoms with E-state index in [1.807, 2.05) is 25.1 Å². The summed E-state index contributed by atoms with van der Waals surface area (Å²) in [6, 6.07) is 9.83. The third kappa shape index (κ3) is 5.25. The van der Waals surface area contributed by atoms with Crippen LogP contribution in [-0.2, 0) is 13.0 Å². The fraction of sp³-hybridized carbons (Fsp3) is 0.458. The molecule has 6 heteroatoms. The van der Waals surface area contributed by atoms with E-state index in [-0.39, 0.29) is 5.91 Å². The number of carbonyl (C=O) groups is 1. The lowest BCUT2D eigenvalue weighted by Crippen LogP contribution is -2.32. The summed E-state index contributed by atoms with van der Waals surface area (Å²) in [6.07, 6.45) is 2.99. The smallest absolute Gasteiger partial charge is 0.255 e. The van der Waals surface area contributed by atoms with Gasteiger partial charge < -0.3 is 19.5 Å². The standard InChI is InChI=1S/C24H32N2O4/c1-17-7-8-21(28-2)20(13-17)24(27)25-10-5-6-11-26-12-9-18-14-22(29-3)23(30-4)15-19(18)16-26/h7-8,13-15H,5-6,9-12,16H2,1-4H3,(H,25,27)/i2-1. The third-order valence-electron chi connectivity index (χ3n) is 5.58. The second-order valence-corrected chi connectivity index (χ2v) is 7.67. The number of unbranched alkanes of at least 4 members (excludes halogenated alkanes) is 1. The van der Waals surface area contributed by atoms with Crippen LogP contribution in [0.1, 0.15) is 39.9 Å². The van der Waals surface area contributed by atoms with Gasteiger partial charge in [-0.1, -0.05) is 11.6 Å². The predicted octanol–water partition coefficient (Wildman–Crippen LogP) is 3.59. The molecule has 162 valence electrons. The van der Waals surface area contributed by atoms with Crippen LogP contribution in [0, 0.1) is 6.92 Å². The monoisotopic (exact) mass is 411 g/mol. The largest absolute Gasteiger partial charge is 0.496 e. The van der Waals surface area contributed by atoms with E-state index in [0.717, 1.165) is 56.0 Å². The summed E-state index contributed by atoms with van der Waals surface area (Å²) in [4.78, 5) is 14.9. The molecule has 0 unspecified atom stereocenters. The first-order valence-corrected chi connectivity index (χ1v) is 10.4. The number of benzene rings is 2. The van der Waals surface area contributed by atoms with Crippen LogP contribution >= 0.6 is 0 Å². The van der Waals surface area contributed by atoms with Gasteiger partial charge in [-0.05, 0) is 68.1 Å². The van der Waals surface area contributed by atoms with E-state index in [2.05, 4.69) is 22.3 Å². The van der Waals surface area contributed by atoms with Gasteiger partial charge in [0.25, 0.3) is 5.91 Å². The number of hydrogen-bond acceptors (Lipinski definition) is 5. The van der Waals surface area contributed by atoms with E-state index in [4.69, 9.17) is 14.2 Å². The molecule has 0 aromatic heterocycles. The van der Waals surface area contributed by atoms with Crippen LogP contribution in [0.2, 0.25) is 0 Å². The number of carbonyl (C=O) groups excluding carboxylic acids is 1. The van der Waals surface area contributed by atoms with Crippen LogP contribution in [0.5, 0.6) is 17.2 Å². The van der Waals surface area contributed by atoms with Crippen LogP contribution in [0.3, 0.4) is 0 Å². The molecular formula is C24H32N2O4. The van der Waals surface area contributed by atoms with Gasteiger partial charge in [0.1, 0.15) is 5.75 Å². The molecule has 2 aromatic rings. The Hall–Kier alpha value is -2.73. The molecule has 3 rings (SSSR count). The first kappa shape index (κ1) is 22.0. The molecule has 1 heterocycles. The van der Waals surface area contributed by atoms with Gasteiger partial charge in [0.15, 0.2) is 11.5 Å². The normalized spacial score (nSPS) is 13.5. The predicted molar refractivity (Wildman–Crippen MR) is 118 cm³/mol. The highest BCUT2D eigenvalue weighted by Crippen LogP contribution is 2.33. The van der Waals surface area contributed by atoms with Crippen molar-refractivity contribution in [3.05, 3.63) is 52.6 Å². The van der Waals surface area contributed by atoms with Crippen LogP contribution in [-0.4, -0.2) is 51.8 Å². The minimum Gasteiger partial charge on any atom is -0.496 e. The number of methoxy groups -OCH3 is 3. The molecule has 6 nitrogen and oxygen atoms in total. The molecule has 0 saturated heterocycles. The number of aryl methyl sites for hydroxylation is 1. The number of amides is 1. The molecule has 1 N–H and O–H groups in total. The van der Waals surface area contributed by atoms with Gasteiger partial charge in [0.05, 0.1) is 26.9 Å². The quantitative estimate of drug-likeness (QED) is 0.639. The van der Waals surface area contributed by atoms with Crippen molar-refractivity contribution in [3.8, 4) is 17.2 Å². The van der Waals surface area contributed by atoms with Gasteiger partial charge in [-0.3, -0.25) is 9.69 Å². The number of fused-ring (bicyclic) bond motifs is 1. The zero-order valence-electron chi connectivity index (χ0n) is 18.4. The van der Waals surface area contributed by atoms with Crippen molar-refractivity contribution in [2.24, 2.45) is 0 Å². The van der Waals surface area contributed by atoms with Crippen molar-refractivity contribution in [2.45, 2.75) is 32.7 Å². The Morgan fingerprint density at radius 2 is 1.67 bits per heavy atom. The summed E-state index contributed by atoms with van der Waals surface area (Å²) in [5.41, 5.74) is 4.28. The summed E-state index contributed by atoms with van der Waals surface area (Å²) in [5, 5.41) is 3.01. The summed E-state index contributed by atoms with van der Waals surface area (Å²) >= 11 is 0. The summed E-state index contributed by atoms with van der Waals surface area (Å²) in [5.74, 6) is 2.11. The van der Waals surface area contributed by atoms with E-state index in [0.29, 0.717) is 17.9 Å². The summed E-state index contributed by atoms with van der Waals surface area (Å²) in [7, 11) is 4.93. The van der Waals surface area contributed by atoms with Crippen LogP contribution in [0.15, 0.2) is 30.3 Å². The number of nitrogens with one attached hydrogen (secondary N) is 1. The van der Waals surface area contributed by atoms with Gasteiger partial charge in [-0.2, -0.15) is 0 Å². The van der Waals surface area contributed by atoms with Crippen LogP contribution in [0.25, 0.3) is 0 Å². The Bertz CT molecular complexity index is 882. The van der Waals surface area contributed by atoms with Crippen LogP contribution in [0.4, 0.5) is 0 Å². The third-order valence-corrected chi connectivity index (χ3v) is 5.58. The maximum absolute atomic E-state index is 12.5. The summed E-state index contributed by atoms with van der Waals surface area (Å²) < 4.78 is 16.2. The molecule has 0 bridgehead atoms. The fourth-order valence-electron chi connectivity index (χ4n) is 3.89. The molecule has 0 radical (unpaired) electrons. The zero-order valence-corrected chi connectivity index (χ0v) is 18.4. The van der Waals surface area contributed by atoms with Gasteiger partial charge in [0.2, 0.25) is 0 Å². The van der Waals surface area contributed by atoms with Gasteiger partial charge >= 0.3 is 0 Å². The first-order valence-electron chi connectivity index (χ1n) is 10.4. The zero-order chi connectivity index (χ0) is 21.5. The summed E-state index contributed by atoms with van der Waals surface area (Å²) in [6.45, 7) is 5.60. The molecule has 0 fully saturated rings. The van der Waals surface area contributed by atoms with E-state index < -0.39 is 0 Å². The van der Waals surface area contributed by atoms with Crippen molar-refractivity contribution in [2.75, 3.05) is 41.0 Å². The Morgan fingerprint density at radius 1 is 0.967 bits per heavy atom. The molecule has 1 amide bonds. The van der Waals surface area contributed by atoms with Crippen molar-refractivity contribution in [1.82, 2.24) is 10.2 Å². The average Bonchev–Trinajstić information content (AvgIpc) is 2.77. The van der Waals surface area contributed by atoms with E-state index in [1.165, 1.54) is 11.1 Å². The van der Waals surface area contributed by atoms with E-state index in [9.17, 15) is 4.79 Å². The fourth-order valence-corrected chi connectivity index (χ4v) is 3.89. The number of ether oxygens (including phenoxy) is 3. The minimum absolute atomic E-state index is 0.0801. The van der Waals surface area contributed by atoms with Crippen molar-refractivity contribution in [3.63, 3.8) is 0 Å². The molecule has 0 spiro atoms. The maximum Gasteiger partial charge on any atom is 0.255 e. The first-order chi connectivity index (χ1) is 14.5. The SMILES string of the molecule is COc1cc2c(cc1OC)CN(CCCCNC(=O)c1cc(C)ccc1O[11CH3])CC2. The topological polar surface area (TPSA) is 60.0 Å². The Kier molecular flexibility index (Phi) is 7.57. The Balaban J connectivity index is 1.45. The average molecular weight is 412 g/mol. The highest BCUT2D eigenvalue weighted by atomic mass is 16.5. The highest BCUT2D eigenvalue weighted by molar-refractivity contribution is 5.97. The Morgan fingerprint density at radius 3 is 2.37 bits per heavy atom. The van der Waals surface area contributed by atoms with Crippen molar-refractivity contribution >= 4 is 5.91 Å². The lowest BCUT2D eigenvalue weighted by molar-refractivity contribution is 0.0949. The lowest BCUT2D eigenvalue weighted by Gasteiger charge is -2.29. The lowest BCUT2D eigenvalue weighted by atomic mass is 9.98.